The smallest absolute Gasteiger partial charge is 0.249 e. The summed E-state index contributed by atoms with van der Waals surface area (Å²) >= 11 is 14.4. The molecule has 0 saturated carbocycles. The number of hydrogen-bond acceptors (Lipinski definition) is 6. The first-order valence-electron chi connectivity index (χ1n) is 11.2. The van der Waals surface area contributed by atoms with Gasteiger partial charge in [-0.1, -0.05) is 41.4 Å². The molecule has 11 heteroatoms. The van der Waals surface area contributed by atoms with Gasteiger partial charge in [0.1, 0.15) is 24.6 Å². The van der Waals surface area contributed by atoms with Crippen molar-refractivity contribution in [2.24, 2.45) is 0 Å². The molecule has 3 N–H and O–H groups in total. The van der Waals surface area contributed by atoms with Crippen LogP contribution in [0, 0.1) is 3.57 Å². The highest BCUT2D eigenvalue weighted by Crippen LogP contribution is 2.31. The Bertz CT molecular complexity index is 1120. The molecule has 0 aromatic heterocycles. The summed E-state index contributed by atoms with van der Waals surface area (Å²) in [5, 5.41) is 23.9. The molecule has 1 aliphatic carbocycles. The lowest BCUT2D eigenvalue weighted by atomic mass is 9.88. The summed E-state index contributed by atoms with van der Waals surface area (Å²) in [6.45, 7) is -0.269. The normalized spacial score (nSPS) is 19.4. The number of benzene rings is 2. The van der Waals surface area contributed by atoms with E-state index in [-0.39, 0.29) is 38.6 Å². The third kappa shape index (κ3) is 7.33. The first-order chi connectivity index (χ1) is 17.2. The number of halogens is 3. The molecule has 36 heavy (non-hydrogen) atoms. The van der Waals surface area contributed by atoms with E-state index >= 15 is 0 Å². The Kier molecular flexibility index (Phi) is 10.8. The number of nitrogens with zero attached hydrogens (tertiary/aromatic N) is 1. The van der Waals surface area contributed by atoms with Crippen LogP contribution in [-0.4, -0.2) is 72.0 Å². The van der Waals surface area contributed by atoms with Crippen LogP contribution in [-0.2, 0) is 20.9 Å². The number of rotatable bonds is 10. The average Bonchev–Trinajstić information content (AvgIpc) is 2.86. The van der Waals surface area contributed by atoms with Crippen molar-refractivity contribution >= 4 is 57.6 Å². The maximum atomic E-state index is 13.1. The Labute approximate surface area is 233 Å². The molecule has 0 radical (unpaired) electrons. The monoisotopic (exact) mass is 648 g/mol. The fraction of sp³-hybridized carbons (Fsp3) is 0.360. The zero-order valence-electron chi connectivity index (χ0n) is 19.5. The third-order valence-corrected chi connectivity index (χ3v) is 7.27. The molecule has 8 nitrogen and oxygen atoms in total. The highest BCUT2D eigenvalue weighted by atomic mass is 127. The van der Waals surface area contributed by atoms with Gasteiger partial charge in [0.05, 0.1) is 26.3 Å². The summed E-state index contributed by atoms with van der Waals surface area (Å²) in [6.07, 6.45) is -0.434. The first kappa shape index (κ1) is 28.7. The molecular formula is C25H27Cl2IN2O6. The number of methoxy groups -OCH3 is 1. The van der Waals surface area contributed by atoms with Crippen LogP contribution >= 0.6 is 45.8 Å². The number of ether oxygens (including phenoxy) is 2. The van der Waals surface area contributed by atoms with Gasteiger partial charge in [-0.05, 0) is 58.5 Å². The molecule has 0 bridgehead atoms. The van der Waals surface area contributed by atoms with Crippen molar-refractivity contribution in [3.05, 3.63) is 73.3 Å². The minimum atomic E-state index is -1.15. The minimum Gasteiger partial charge on any atom is -0.482 e. The molecular weight excluding hydrogens is 622 g/mol. The maximum Gasteiger partial charge on any atom is 0.249 e. The molecule has 194 valence electrons. The number of nitrogens with one attached hydrogen (secondary N) is 1. The van der Waals surface area contributed by atoms with Gasteiger partial charge in [0.2, 0.25) is 11.8 Å². The second kappa shape index (κ2) is 13.6. The van der Waals surface area contributed by atoms with E-state index in [1.165, 1.54) is 12.0 Å². The van der Waals surface area contributed by atoms with Crippen molar-refractivity contribution in [1.82, 2.24) is 10.2 Å². The first-order valence-corrected chi connectivity index (χ1v) is 13.0. The minimum absolute atomic E-state index is 0.0704. The Morgan fingerprint density at radius 2 is 1.94 bits per heavy atom. The zero-order chi connectivity index (χ0) is 26.2. The second-order valence-electron chi connectivity index (χ2n) is 8.15. The molecule has 2 aromatic rings. The van der Waals surface area contributed by atoms with Crippen LogP contribution in [0.15, 0.2) is 54.1 Å². The molecule has 0 heterocycles. The largest absolute Gasteiger partial charge is 0.482 e. The number of aliphatic hydroxyl groups is 2. The average molecular weight is 649 g/mol. The van der Waals surface area contributed by atoms with Crippen molar-refractivity contribution in [1.29, 1.82) is 0 Å². The predicted molar refractivity (Wildman–Crippen MR) is 145 cm³/mol. The van der Waals surface area contributed by atoms with Crippen LogP contribution in [0.4, 0.5) is 0 Å². The summed E-state index contributed by atoms with van der Waals surface area (Å²) in [5.74, 6) is -0.253. The van der Waals surface area contributed by atoms with Crippen LogP contribution in [0.25, 0.3) is 0 Å². The maximum absolute atomic E-state index is 13.1. The number of amides is 2. The number of carbonyl (C=O) groups is 2. The van der Waals surface area contributed by atoms with E-state index in [2.05, 4.69) is 27.9 Å². The van der Waals surface area contributed by atoms with Gasteiger partial charge >= 0.3 is 0 Å². The predicted octanol–water partition coefficient (Wildman–Crippen LogP) is 3.19. The van der Waals surface area contributed by atoms with Crippen molar-refractivity contribution < 1.29 is 29.3 Å². The summed E-state index contributed by atoms with van der Waals surface area (Å²) < 4.78 is 12.0. The van der Waals surface area contributed by atoms with E-state index in [9.17, 15) is 14.7 Å². The van der Waals surface area contributed by atoms with Gasteiger partial charge in [0.25, 0.3) is 0 Å². The Morgan fingerprint density at radius 1 is 1.19 bits per heavy atom. The van der Waals surface area contributed by atoms with Crippen molar-refractivity contribution in [3.63, 3.8) is 0 Å². The molecule has 2 amide bonds. The Morgan fingerprint density at radius 3 is 2.61 bits per heavy atom. The molecule has 0 spiro atoms. The van der Waals surface area contributed by atoms with Gasteiger partial charge in [0.15, 0.2) is 0 Å². The van der Waals surface area contributed by atoms with E-state index in [0.717, 1.165) is 3.57 Å². The van der Waals surface area contributed by atoms with Crippen molar-refractivity contribution in [2.75, 3.05) is 26.9 Å². The summed E-state index contributed by atoms with van der Waals surface area (Å²) in [4.78, 5) is 27.5. The van der Waals surface area contributed by atoms with Gasteiger partial charge in [-0.25, -0.2) is 0 Å². The van der Waals surface area contributed by atoms with Crippen molar-refractivity contribution in [3.8, 4) is 5.75 Å². The van der Waals surface area contributed by atoms with E-state index < -0.39 is 24.2 Å². The van der Waals surface area contributed by atoms with E-state index in [1.54, 1.807) is 30.3 Å². The van der Waals surface area contributed by atoms with Crippen LogP contribution in [0.5, 0.6) is 5.75 Å². The van der Waals surface area contributed by atoms with Gasteiger partial charge in [-0.2, -0.15) is 0 Å². The fourth-order valence-electron chi connectivity index (χ4n) is 3.90. The summed E-state index contributed by atoms with van der Waals surface area (Å²) in [6, 6.07) is 11.5. The standard InChI is InChI=1S/C25H27Cl2IN2O6/c1-35-14-23(32)30(13-15-6-7-17(26)18(27)10-15)20-11-16(25(34)29-8-9-31)12-22(24(20)33)36-21-5-3-2-4-19(21)28/h2-7,10,12,20,22,24,31,33H,8-9,11,13-14H2,1H3,(H,29,34)/t20-,22+,24+/m1/s1. The SMILES string of the molecule is COCC(=O)N(Cc1ccc(Cl)c(Cl)c1)[C@@H]1CC(C(=O)NCCO)=C[C@H](Oc2ccccc2I)[C@H]1O. The highest BCUT2D eigenvalue weighted by molar-refractivity contribution is 14.1. The molecule has 3 rings (SSSR count). The van der Waals surface area contributed by atoms with Crippen LogP contribution in [0.2, 0.25) is 10.0 Å². The molecule has 0 aliphatic heterocycles. The number of para-hydroxylation sites is 1. The molecule has 0 fully saturated rings. The molecule has 0 unspecified atom stereocenters. The molecule has 2 aromatic carbocycles. The lowest BCUT2D eigenvalue weighted by Crippen LogP contribution is -2.55. The molecule has 3 atom stereocenters. The lowest BCUT2D eigenvalue weighted by Gasteiger charge is -2.40. The zero-order valence-corrected chi connectivity index (χ0v) is 23.2. The van der Waals surface area contributed by atoms with Crippen LogP contribution < -0.4 is 10.1 Å². The van der Waals surface area contributed by atoms with Gasteiger partial charge in [0, 0.05) is 32.2 Å². The Balaban J connectivity index is 1.98. The molecule has 0 saturated heterocycles. The fourth-order valence-corrected chi connectivity index (χ4v) is 4.73. The van der Waals surface area contributed by atoms with Gasteiger partial charge in [-0.15, -0.1) is 0 Å². The van der Waals surface area contributed by atoms with Gasteiger partial charge in [-0.3, -0.25) is 9.59 Å². The number of hydrogen-bond donors (Lipinski definition) is 3. The van der Waals surface area contributed by atoms with Crippen molar-refractivity contribution in [2.45, 2.75) is 31.2 Å². The second-order valence-corrected chi connectivity index (χ2v) is 10.1. The number of carbonyl (C=O) groups excluding carboxylic acids is 2. The van der Waals surface area contributed by atoms with E-state index in [0.29, 0.717) is 26.9 Å². The third-order valence-electron chi connectivity index (χ3n) is 5.64. The topological polar surface area (TPSA) is 108 Å². The van der Waals surface area contributed by atoms with E-state index in [4.69, 9.17) is 37.8 Å². The lowest BCUT2D eigenvalue weighted by molar-refractivity contribution is -0.143. The Hall–Kier alpha value is -1.89. The quantitative estimate of drug-likeness (QED) is 0.342. The summed E-state index contributed by atoms with van der Waals surface area (Å²) in [7, 11) is 1.41. The summed E-state index contributed by atoms with van der Waals surface area (Å²) in [5.41, 5.74) is 1.02. The highest BCUT2D eigenvalue weighted by Gasteiger charge is 2.40. The number of aliphatic hydroxyl groups excluding tert-OH is 2. The van der Waals surface area contributed by atoms with Crippen LogP contribution in [0.3, 0.4) is 0 Å². The van der Waals surface area contributed by atoms with Crippen LogP contribution in [0.1, 0.15) is 12.0 Å². The molecule has 1 aliphatic rings. The van der Waals surface area contributed by atoms with E-state index in [1.807, 2.05) is 18.2 Å². The van der Waals surface area contributed by atoms with Gasteiger partial charge < -0.3 is 29.9 Å².